The Morgan fingerprint density at radius 3 is 2.37 bits per heavy atom. The molecule has 0 amide bonds. The molecule has 1 heterocycles. The predicted octanol–water partition coefficient (Wildman–Crippen LogP) is 2.37. The van der Waals surface area contributed by atoms with Gasteiger partial charge in [0.1, 0.15) is 0 Å². The maximum absolute atomic E-state index is 12.9. The van der Waals surface area contributed by atoms with Gasteiger partial charge in [-0.2, -0.15) is 0 Å². The fourth-order valence-corrected chi connectivity index (χ4v) is 4.23. The highest BCUT2D eigenvalue weighted by atomic mass is 32.2. The van der Waals surface area contributed by atoms with E-state index in [1.807, 2.05) is 6.07 Å². The Morgan fingerprint density at radius 1 is 1.15 bits per heavy atom. The van der Waals surface area contributed by atoms with Crippen molar-refractivity contribution in [3.63, 3.8) is 0 Å². The van der Waals surface area contributed by atoms with Crippen LogP contribution in [0.3, 0.4) is 0 Å². The van der Waals surface area contributed by atoms with Gasteiger partial charge in [0.05, 0.1) is 22.8 Å². The molecule has 1 aliphatic heterocycles. The zero-order valence-corrected chi connectivity index (χ0v) is 15.5. The van der Waals surface area contributed by atoms with Gasteiger partial charge in [-0.15, -0.1) is 0 Å². The molecule has 3 rings (SSSR count). The lowest BCUT2D eigenvalue weighted by Crippen LogP contribution is -2.30. The molecule has 0 N–H and O–H groups in total. The number of anilines is 1. The second kappa shape index (κ2) is 7.79. The number of carbonyl (C=O) groups is 2. The largest absolute Gasteiger partial charge is 0.463 e. The zero-order valence-electron chi connectivity index (χ0n) is 14.7. The normalized spacial score (nSPS) is 16.6. The van der Waals surface area contributed by atoms with Gasteiger partial charge in [-0.05, 0) is 43.3 Å². The average Bonchev–Trinajstić information content (AvgIpc) is 3.07. The number of carbonyl (C=O) groups excluding carboxylic acids is 2. The first kappa shape index (κ1) is 18.9. The molecular formula is C19H19NO6S. The van der Waals surface area contributed by atoms with Crippen LogP contribution in [-0.2, 0) is 24.3 Å². The summed E-state index contributed by atoms with van der Waals surface area (Å²) in [7, 11) is -3.77. The average molecular weight is 389 g/mol. The third kappa shape index (κ3) is 3.95. The fraction of sp³-hybridized carbons (Fsp3) is 0.263. The molecule has 0 bridgehead atoms. The molecule has 0 aromatic heterocycles. The first-order valence-corrected chi connectivity index (χ1v) is 9.93. The van der Waals surface area contributed by atoms with Gasteiger partial charge in [0, 0.05) is 13.0 Å². The lowest BCUT2D eigenvalue weighted by molar-refractivity contribution is -0.145. The van der Waals surface area contributed by atoms with Crippen molar-refractivity contribution in [2.24, 2.45) is 0 Å². The molecule has 2 aromatic carbocycles. The van der Waals surface area contributed by atoms with Gasteiger partial charge in [0.25, 0.3) is 10.0 Å². The summed E-state index contributed by atoms with van der Waals surface area (Å²) >= 11 is 0. The Balaban J connectivity index is 1.79. The molecule has 1 fully saturated rings. The molecule has 142 valence electrons. The number of nitrogens with zero attached hydrogens (tertiary/aromatic N) is 1. The van der Waals surface area contributed by atoms with Crippen molar-refractivity contribution in [2.75, 3.05) is 17.5 Å². The Labute approximate surface area is 157 Å². The van der Waals surface area contributed by atoms with E-state index < -0.39 is 28.1 Å². The van der Waals surface area contributed by atoms with E-state index in [0.717, 1.165) is 0 Å². The number of ether oxygens (including phenoxy) is 2. The Morgan fingerprint density at radius 2 is 1.81 bits per heavy atom. The van der Waals surface area contributed by atoms with Gasteiger partial charge in [-0.25, -0.2) is 18.0 Å². The number of benzene rings is 2. The molecular weight excluding hydrogens is 370 g/mol. The SMILES string of the molecule is CCN(c1ccccc1)S(=O)(=O)c1ccc(C(=O)O[C@H]2CCOC2=O)cc1. The first-order valence-electron chi connectivity index (χ1n) is 8.49. The number of cyclic esters (lactones) is 1. The lowest BCUT2D eigenvalue weighted by atomic mass is 10.2. The van der Waals surface area contributed by atoms with E-state index in [1.54, 1.807) is 31.2 Å². The molecule has 0 unspecified atom stereocenters. The van der Waals surface area contributed by atoms with Gasteiger partial charge in [-0.3, -0.25) is 4.31 Å². The maximum Gasteiger partial charge on any atom is 0.347 e. The third-order valence-corrected chi connectivity index (χ3v) is 6.06. The van der Waals surface area contributed by atoms with E-state index in [-0.39, 0.29) is 23.6 Å². The molecule has 0 aliphatic carbocycles. The van der Waals surface area contributed by atoms with Crippen molar-refractivity contribution >= 4 is 27.6 Å². The lowest BCUT2D eigenvalue weighted by Gasteiger charge is -2.23. The van der Waals surface area contributed by atoms with Crippen LogP contribution in [0.25, 0.3) is 0 Å². The molecule has 7 nitrogen and oxygen atoms in total. The van der Waals surface area contributed by atoms with Crippen LogP contribution in [0.1, 0.15) is 23.7 Å². The maximum atomic E-state index is 12.9. The summed E-state index contributed by atoms with van der Waals surface area (Å²) in [6.07, 6.45) is -0.589. The van der Waals surface area contributed by atoms with E-state index in [4.69, 9.17) is 9.47 Å². The minimum Gasteiger partial charge on any atom is -0.463 e. The van der Waals surface area contributed by atoms with Gasteiger partial charge in [0.2, 0.25) is 6.10 Å². The molecule has 1 atom stereocenters. The van der Waals surface area contributed by atoms with E-state index in [1.165, 1.54) is 28.6 Å². The van der Waals surface area contributed by atoms with Crippen LogP contribution in [0.2, 0.25) is 0 Å². The molecule has 0 saturated carbocycles. The summed E-state index contributed by atoms with van der Waals surface area (Å²) in [4.78, 5) is 23.6. The molecule has 8 heteroatoms. The summed E-state index contributed by atoms with van der Waals surface area (Å²) in [6.45, 7) is 2.23. The predicted molar refractivity (Wildman–Crippen MR) is 97.9 cm³/mol. The Bertz CT molecular complexity index is 924. The second-order valence-electron chi connectivity index (χ2n) is 5.88. The van der Waals surface area contributed by atoms with E-state index in [0.29, 0.717) is 12.1 Å². The minimum absolute atomic E-state index is 0.0602. The first-order chi connectivity index (χ1) is 12.9. The fourth-order valence-electron chi connectivity index (χ4n) is 2.76. The van der Waals surface area contributed by atoms with Crippen molar-refractivity contribution in [1.82, 2.24) is 0 Å². The number of hydrogen-bond donors (Lipinski definition) is 0. The highest BCUT2D eigenvalue weighted by Crippen LogP contribution is 2.24. The highest BCUT2D eigenvalue weighted by molar-refractivity contribution is 7.92. The zero-order chi connectivity index (χ0) is 19.4. The van der Waals surface area contributed by atoms with Crippen molar-refractivity contribution in [3.05, 3.63) is 60.2 Å². The number of hydrogen-bond acceptors (Lipinski definition) is 6. The number of esters is 2. The number of para-hydroxylation sites is 1. The van der Waals surface area contributed by atoms with Gasteiger partial charge >= 0.3 is 11.9 Å². The van der Waals surface area contributed by atoms with Gasteiger partial charge in [-0.1, -0.05) is 18.2 Å². The second-order valence-corrected chi connectivity index (χ2v) is 7.74. The Hall–Kier alpha value is -2.87. The summed E-state index contributed by atoms with van der Waals surface area (Å²) in [5.74, 6) is -1.26. The van der Waals surface area contributed by atoms with Crippen LogP contribution in [0.15, 0.2) is 59.5 Å². The van der Waals surface area contributed by atoms with E-state index in [9.17, 15) is 18.0 Å². The van der Waals surface area contributed by atoms with Crippen molar-refractivity contribution in [3.8, 4) is 0 Å². The quantitative estimate of drug-likeness (QED) is 0.705. The number of sulfonamides is 1. The highest BCUT2D eigenvalue weighted by Gasteiger charge is 2.31. The van der Waals surface area contributed by atoms with Crippen molar-refractivity contribution in [1.29, 1.82) is 0 Å². The standard InChI is InChI=1S/C19H19NO6S/c1-2-20(15-6-4-3-5-7-15)27(23,24)16-10-8-14(9-11-16)18(21)26-17-12-13-25-19(17)22/h3-11,17H,2,12-13H2,1H3/t17-/m0/s1. The summed E-state index contributed by atoms with van der Waals surface area (Å²) in [5.41, 5.74) is 0.722. The minimum atomic E-state index is -3.77. The van der Waals surface area contributed by atoms with Crippen LogP contribution in [0.5, 0.6) is 0 Å². The van der Waals surface area contributed by atoms with E-state index >= 15 is 0 Å². The summed E-state index contributed by atoms with van der Waals surface area (Å²) in [5, 5.41) is 0. The van der Waals surface area contributed by atoms with Crippen molar-refractivity contribution < 1.29 is 27.5 Å². The monoisotopic (exact) mass is 389 g/mol. The summed E-state index contributed by atoms with van der Waals surface area (Å²) in [6, 6.07) is 14.2. The van der Waals surface area contributed by atoms with Crippen LogP contribution < -0.4 is 4.31 Å². The molecule has 1 aliphatic rings. The Kier molecular flexibility index (Phi) is 5.46. The van der Waals surface area contributed by atoms with Gasteiger partial charge < -0.3 is 9.47 Å². The van der Waals surface area contributed by atoms with Crippen LogP contribution in [0, 0.1) is 0 Å². The molecule has 27 heavy (non-hydrogen) atoms. The molecule has 0 spiro atoms. The smallest absolute Gasteiger partial charge is 0.347 e. The van der Waals surface area contributed by atoms with Gasteiger partial charge in [0.15, 0.2) is 0 Å². The van der Waals surface area contributed by atoms with Crippen LogP contribution in [0.4, 0.5) is 5.69 Å². The summed E-state index contributed by atoms with van der Waals surface area (Å²) < 4.78 is 37.0. The molecule has 2 aromatic rings. The third-order valence-electron chi connectivity index (χ3n) is 4.15. The molecule has 1 saturated heterocycles. The van der Waals surface area contributed by atoms with Crippen LogP contribution >= 0.6 is 0 Å². The van der Waals surface area contributed by atoms with Crippen LogP contribution in [-0.4, -0.2) is 39.6 Å². The van der Waals surface area contributed by atoms with E-state index in [2.05, 4.69) is 0 Å². The molecule has 0 radical (unpaired) electrons. The van der Waals surface area contributed by atoms with Crippen molar-refractivity contribution in [2.45, 2.75) is 24.3 Å². The topological polar surface area (TPSA) is 90.0 Å². The number of rotatable bonds is 6.